The number of unbranched alkanes of at least 4 members (excludes halogenated alkanes) is 2. The first-order chi connectivity index (χ1) is 19.1. The van der Waals surface area contributed by atoms with Crippen LogP contribution in [0.2, 0.25) is 0 Å². The summed E-state index contributed by atoms with van der Waals surface area (Å²) < 4.78 is 1.40. The van der Waals surface area contributed by atoms with Crippen LogP contribution in [0.25, 0.3) is 10.1 Å². The Bertz CT molecular complexity index is 1310. The van der Waals surface area contributed by atoms with Crippen LogP contribution >= 0.6 is 11.3 Å². The van der Waals surface area contributed by atoms with Crippen molar-refractivity contribution in [1.29, 1.82) is 0 Å². The Labute approximate surface area is 234 Å². The van der Waals surface area contributed by atoms with Crippen molar-refractivity contribution in [3.05, 3.63) is 64.5 Å². The molecule has 1 N–H and O–H groups in total. The van der Waals surface area contributed by atoms with Crippen LogP contribution < -0.4 is 10.2 Å². The highest BCUT2D eigenvalue weighted by molar-refractivity contribution is 7.17. The minimum Gasteiger partial charge on any atom is -0.368 e. The average molecular weight is 547 g/mol. The standard InChI is InChI=1S/C31H38N4O3S/c1-2-8-28(30(37)32-22-36)35-21-26-23(10-6-12-25(26)31(35)38)9-4-3-5-15-33-16-18-34(19-17-33)27-13-7-11-24-14-20-39-29(24)27/h6-7,10-14,20,22,28H,2-5,8-9,15-19,21H2,1H3,(H,32,36,37). The number of nitrogens with zero attached hydrogens (tertiary/aromatic N) is 3. The van der Waals surface area contributed by atoms with Crippen LogP contribution in [-0.4, -0.2) is 66.8 Å². The van der Waals surface area contributed by atoms with Crippen molar-refractivity contribution in [2.45, 2.75) is 58.0 Å². The third kappa shape index (κ3) is 6.02. The molecule has 2 aliphatic heterocycles. The normalized spacial score (nSPS) is 16.5. The number of thiophene rings is 1. The zero-order valence-corrected chi connectivity index (χ0v) is 23.5. The number of benzene rings is 2. The number of carbonyl (C=O) groups excluding carboxylic acids is 3. The van der Waals surface area contributed by atoms with Gasteiger partial charge in [0.1, 0.15) is 6.04 Å². The molecular weight excluding hydrogens is 508 g/mol. The van der Waals surface area contributed by atoms with Crippen LogP contribution in [0.4, 0.5) is 5.69 Å². The molecule has 8 heteroatoms. The largest absolute Gasteiger partial charge is 0.368 e. The molecule has 5 rings (SSSR count). The van der Waals surface area contributed by atoms with Gasteiger partial charge in [-0.1, -0.05) is 44.0 Å². The van der Waals surface area contributed by atoms with Gasteiger partial charge in [-0.25, -0.2) is 0 Å². The predicted molar refractivity (Wildman–Crippen MR) is 157 cm³/mol. The molecule has 206 valence electrons. The van der Waals surface area contributed by atoms with Gasteiger partial charge < -0.3 is 9.80 Å². The summed E-state index contributed by atoms with van der Waals surface area (Å²) in [5, 5.41) is 5.76. The van der Waals surface area contributed by atoms with E-state index in [4.69, 9.17) is 0 Å². The number of imide groups is 1. The Morgan fingerprint density at radius 3 is 2.67 bits per heavy atom. The Balaban J connectivity index is 1.08. The van der Waals surface area contributed by atoms with Crippen molar-refractivity contribution in [2.24, 2.45) is 0 Å². The number of hydrogen-bond donors (Lipinski definition) is 1. The first-order valence-corrected chi connectivity index (χ1v) is 15.1. The summed E-state index contributed by atoms with van der Waals surface area (Å²) in [5.41, 5.74) is 4.31. The second kappa shape index (κ2) is 12.7. The van der Waals surface area contributed by atoms with Crippen molar-refractivity contribution in [2.75, 3.05) is 37.6 Å². The molecule has 1 saturated heterocycles. The molecule has 0 bridgehead atoms. The maximum Gasteiger partial charge on any atom is 0.255 e. The zero-order chi connectivity index (χ0) is 27.2. The summed E-state index contributed by atoms with van der Waals surface area (Å²) in [6.45, 7) is 7.88. The van der Waals surface area contributed by atoms with E-state index < -0.39 is 11.9 Å². The van der Waals surface area contributed by atoms with Crippen molar-refractivity contribution in [3.63, 3.8) is 0 Å². The molecule has 3 heterocycles. The summed E-state index contributed by atoms with van der Waals surface area (Å²) in [6.07, 6.45) is 6.02. The highest BCUT2D eigenvalue weighted by atomic mass is 32.1. The van der Waals surface area contributed by atoms with E-state index in [-0.39, 0.29) is 5.91 Å². The summed E-state index contributed by atoms with van der Waals surface area (Å²) in [6, 6.07) is 14.1. The van der Waals surface area contributed by atoms with Crippen LogP contribution in [0, 0.1) is 0 Å². The topological polar surface area (TPSA) is 73.0 Å². The Hall–Kier alpha value is -3.23. The summed E-state index contributed by atoms with van der Waals surface area (Å²) in [7, 11) is 0. The maximum atomic E-state index is 13.1. The molecule has 2 aromatic carbocycles. The van der Waals surface area contributed by atoms with Gasteiger partial charge >= 0.3 is 0 Å². The van der Waals surface area contributed by atoms with E-state index in [0.717, 1.165) is 64.0 Å². The lowest BCUT2D eigenvalue weighted by atomic mass is 9.98. The molecule has 0 spiro atoms. The average Bonchev–Trinajstić information content (AvgIpc) is 3.57. The highest BCUT2D eigenvalue weighted by Gasteiger charge is 2.36. The molecule has 0 radical (unpaired) electrons. The lowest BCUT2D eigenvalue weighted by Crippen LogP contribution is -2.46. The van der Waals surface area contributed by atoms with Crippen molar-refractivity contribution in [1.82, 2.24) is 15.1 Å². The van der Waals surface area contributed by atoms with Crippen molar-refractivity contribution in [3.8, 4) is 0 Å². The molecule has 3 aromatic rings. The van der Waals surface area contributed by atoms with Gasteiger partial charge in [-0.05, 0) is 72.3 Å². The number of carbonyl (C=O) groups is 3. The van der Waals surface area contributed by atoms with Gasteiger partial charge in [0.2, 0.25) is 12.3 Å². The number of aryl methyl sites for hydroxylation is 1. The van der Waals surface area contributed by atoms with Crippen LogP contribution in [0.5, 0.6) is 0 Å². The van der Waals surface area contributed by atoms with Crippen molar-refractivity contribution >= 4 is 45.3 Å². The highest BCUT2D eigenvalue weighted by Crippen LogP contribution is 2.32. The number of amides is 3. The molecular formula is C31H38N4O3S. The first-order valence-electron chi connectivity index (χ1n) is 14.2. The second-order valence-electron chi connectivity index (χ2n) is 10.6. The predicted octanol–water partition coefficient (Wildman–Crippen LogP) is 4.83. The zero-order valence-electron chi connectivity index (χ0n) is 22.7. The number of rotatable bonds is 12. The third-order valence-electron chi connectivity index (χ3n) is 8.13. The van der Waals surface area contributed by atoms with E-state index in [1.165, 1.54) is 27.8 Å². The van der Waals surface area contributed by atoms with Gasteiger partial charge in [0, 0.05) is 38.3 Å². The number of anilines is 1. The van der Waals surface area contributed by atoms with E-state index in [1.54, 1.807) is 4.90 Å². The third-order valence-corrected chi connectivity index (χ3v) is 9.08. The Kier molecular flexibility index (Phi) is 8.94. The van der Waals surface area contributed by atoms with Crippen LogP contribution in [0.1, 0.15) is 60.5 Å². The van der Waals surface area contributed by atoms with Crippen molar-refractivity contribution < 1.29 is 14.4 Å². The lowest BCUT2D eigenvalue weighted by molar-refractivity contribution is -0.129. The van der Waals surface area contributed by atoms with Gasteiger partial charge in [0.05, 0.1) is 10.4 Å². The number of fused-ring (bicyclic) bond motifs is 2. The van der Waals surface area contributed by atoms with Gasteiger partial charge in [0.15, 0.2) is 0 Å². The summed E-state index contributed by atoms with van der Waals surface area (Å²) in [5.74, 6) is -0.514. The lowest BCUT2D eigenvalue weighted by Gasteiger charge is -2.36. The minimum atomic E-state index is -0.619. The molecule has 1 atom stereocenters. The quantitative estimate of drug-likeness (QED) is 0.260. The van der Waals surface area contributed by atoms with E-state index in [9.17, 15) is 14.4 Å². The van der Waals surface area contributed by atoms with E-state index in [2.05, 4.69) is 50.8 Å². The smallest absolute Gasteiger partial charge is 0.255 e. The Morgan fingerprint density at radius 1 is 1.05 bits per heavy atom. The number of hydrogen-bond acceptors (Lipinski definition) is 6. The monoisotopic (exact) mass is 546 g/mol. The second-order valence-corrected chi connectivity index (χ2v) is 11.5. The van der Waals surface area contributed by atoms with Crippen LogP contribution in [0.3, 0.4) is 0 Å². The van der Waals surface area contributed by atoms with Gasteiger partial charge in [-0.3, -0.25) is 24.6 Å². The van der Waals surface area contributed by atoms with E-state index >= 15 is 0 Å². The first kappa shape index (κ1) is 27.3. The molecule has 2 aliphatic rings. The number of nitrogens with one attached hydrogen (secondary N) is 1. The Morgan fingerprint density at radius 2 is 1.87 bits per heavy atom. The molecule has 7 nitrogen and oxygen atoms in total. The molecule has 39 heavy (non-hydrogen) atoms. The maximum absolute atomic E-state index is 13.1. The van der Waals surface area contributed by atoms with Gasteiger partial charge in [-0.15, -0.1) is 11.3 Å². The summed E-state index contributed by atoms with van der Waals surface area (Å²) in [4.78, 5) is 43.2. The van der Waals surface area contributed by atoms with E-state index in [0.29, 0.717) is 24.9 Å². The van der Waals surface area contributed by atoms with E-state index in [1.807, 2.05) is 30.4 Å². The number of piperazine rings is 1. The summed E-state index contributed by atoms with van der Waals surface area (Å²) >= 11 is 1.83. The molecule has 0 aliphatic carbocycles. The fourth-order valence-corrected chi connectivity index (χ4v) is 6.97. The van der Waals surface area contributed by atoms with Crippen LogP contribution in [-0.2, 0) is 22.6 Å². The molecule has 0 saturated carbocycles. The SMILES string of the molecule is CCCC(C(=O)NC=O)N1Cc2c(CCCCCN3CCN(c4cccc5ccsc45)CC3)cccc2C1=O. The molecule has 3 amide bonds. The molecule has 1 unspecified atom stereocenters. The minimum absolute atomic E-state index is 0.110. The van der Waals surface area contributed by atoms with Gasteiger partial charge in [-0.2, -0.15) is 0 Å². The fraction of sp³-hybridized carbons (Fsp3) is 0.452. The molecule has 1 aromatic heterocycles. The molecule has 1 fully saturated rings. The fourth-order valence-electron chi connectivity index (χ4n) is 6.03. The van der Waals surface area contributed by atoms with Crippen LogP contribution in [0.15, 0.2) is 47.8 Å². The van der Waals surface area contributed by atoms with Gasteiger partial charge in [0.25, 0.3) is 5.91 Å².